The van der Waals surface area contributed by atoms with Gasteiger partial charge >= 0.3 is 6.09 Å². The Balaban J connectivity index is 1.30. The van der Waals surface area contributed by atoms with E-state index in [1.807, 2.05) is 20.2 Å². The molecule has 3 heterocycles. The molecule has 0 unspecified atom stereocenters. The number of halogens is 1. The fourth-order valence-corrected chi connectivity index (χ4v) is 5.14. The van der Waals surface area contributed by atoms with Gasteiger partial charge < -0.3 is 30.9 Å². The summed E-state index contributed by atoms with van der Waals surface area (Å²) in [5.41, 5.74) is 1.47. The number of nitrogens with one attached hydrogen (secondary N) is 3. The van der Waals surface area contributed by atoms with E-state index in [9.17, 15) is 19.1 Å². The standard InChI is InChI=1S/C27H36FN9O3/c1-35(2)12-3-13-36(27(39)40)19-8-6-18(7-9-19)32-24-14-22(31-17-4-5-17)25-30-16-23(37(25)34-24)26(38)33-21-10-11-29-15-20(21)28/h10-11,14-19,31H,3-9,12-13H2,1-2H3,(H,32,34)(H,39,40)(H,29,33,38). The van der Waals surface area contributed by atoms with Gasteiger partial charge in [-0.25, -0.2) is 18.7 Å². The first-order valence-corrected chi connectivity index (χ1v) is 13.8. The minimum atomic E-state index is -0.865. The third-order valence-electron chi connectivity index (χ3n) is 7.40. The fraction of sp³-hybridized carbons (Fsp3) is 0.519. The lowest BCUT2D eigenvalue weighted by Gasteiger charge is -2.36. The summed E-state index contributed by atoms with van der Waals surface area (Å²) in [5.74, 6) is -0.587. The molecule has 4 N–H and O–H groups in total. The highest BCUT2D eigenvalue weighted by Crippen LogP contribution is 2.30. The van der Waals surface area contributed by atoms with E-state index in [1.165, 1.54) is 23.0 Å². The van der Waals surface area contributed by atoms with Crippen LogP contribution >= 0.6 is 0 Å². The van der Waals surface area contributed by atoms with Crippen molar-refractivity contribution in [3.63, 3.8) is 0 Å². The van der Waals surface area contributed by atoms with Crippen molar-refractivity contribution in [2.24, 2.45) is 0 Å². The molecule has 2 amide bonds. The molecular formula is C27H36FN9O3. The molecule has 2 aliphatic carbocycles. The van der Waals surface area contributed by atoms with Gasteiger partial charge in [-0.15, -0.1) is 5.10 Å². The van der Waals surface area contributed by atoms with Crippen molar-refractivity contribution in [2.45, 2.75) is 63.1 Å². The number of nitrogens with zero attached hydrogens (tertiary/aromatic N) is 6. The van der Waals surface area contributed by atoms with Gasteiger partial charge in [-0.05, 0) is 71.7 Å². The zero-order chi connectivity index (χ0) is 28.2. The summed E-state index contributed by atoms with van der Waals surface area (Å²) in [6, 6.07) is 3.75. The van der Waals surface area contributed by atoms with E-state index in [-0.39, 0.29) is 23.5 Å². The van der Waals surface area contributed by atoms with Crippen LogP contribution in [-0.2, 0) is 0 Å². The second-order valence-corrected chi connectivity index (χ2v) is 10.8. The molecule has 3 aromatic rings. The van der Waals surface area contributed by atoms with Crippen LogP contribution in [-0.4, -0.2) is 91.8 Å². The molecule has 0 atom stereocenters. The molecule has 3 aromatic heterocycles. The van der Waals surface area contributed by atoms with Crippen LogP contribution in [0.2, 0.25) is 0 Å². The SMILES string of the molecule is CN(C)CCCN(C(=O)O)C1CCC(Nc2cc(NC3CC3)c3ncc(C(=O)Nc4ccncc4F)n3n2)CC1. The lowest BCUT2D eigenvalue weighted by molar-refractivity contribution is 0.101. The fourth-order valence-electron chi connectivity index (χ4n) is 5.14. The lowest BCUT2D eigenvalue weighted by Crippen LogP contribution is -2.44. The summed E-state index contributed by atoms with van der Waals surface area (Å²) in [4.78, 5) is 36.8. The van der Waals surface area contributed by atoms with Crippen LogP contribution in [0.15, 0.2) is 30.7 Å². The quantitative estimate of drug-likeness (QED) is 0.279. The lowest BCUT2D eigenvalue weighted by atomic mass is 9.90. The summed E-state index contributed by atoms with van der Waals surface area (Å²) in [6.07, 6.45) is 9.04. The monoisotopic (exact) mass is 553 g/mol. The van der Waals surface area contributed by atoms with Crippen LogP contribution in [0.3, 0.4) is 0 Å². The molecule has 0 spiro atoms. The predicted molar refractivity (Wildman–Crippen MR) is 149 cm³/mol. The van der Waals surface area contributed by atoms with Gasteiger partial charge in [0.2, 0.25) is 0 Å². The number of rotatable bonds is 11. The molecule has 0 aromatic carbocycles. The van der Waals surface area contributed by atoms with E-state index in [0.29, 0.717) is 24.1 Å². The number of anilines is 3. The minimum absolute atomic E-state index is 0.00206. The topological polar surface area (TPSA) is 140 Å². The third-order valence-corrected chi connectivity index (χ3v) is 7.40. The molecule has 0 bridgehead atoms. The molecule has 0 aliphatic heterocycles. The number of carbonyl (C=O) groups excluding carboxylic acids is 1. The molecule has 12 nitrogen and oxygen atoms in total. The summed E-state index contributed by atoms with van der Waals surface area (Å²) in [6.45, 7) is 1.37. The Labute approximate surface area is 232 Å². The molecule has 0 radical (unpaired) electrons. The molecule has 40 heavy (non-hydrogen) atoms. The van der Waals surface area contributed by atoms with Crippen molar-refractivity contribution in [3.8, 4) is 0 Å². The Morgan fingerprint density at radius 2 is 1.77 bits per heavy atom. The van der Waals surface area contributed by atoms with Crippen molar-refractivity contribution in [1.29, 1.82) is 0 Å². The summed E-state index contributed by atoms with van der Waals surface area (Å²) >= 11 is 0. The number of aromatic nitrogens is 4. The average molecular weight is 554 g/mol. The van der Waals surface area contributed by atoms with E-state index in [2.05, 4.69) is 35.9 Å². The van der Waals surface area contributed by atoms with Crippen LogP contribution in [0.1, 0.15) is 55.4 Å². The van der Waals surface area contributed by atoms with Gasteiger partial charge in [0.1, 0.15) is 5.82 Å². The molecular weight excluding hydrogens is 517 g/mol. The van der Waals surface area contributed by atoms with Gasteiger partial charge in [-0.1, -0.05) is 0 Å². The molecule has 2 saturated carbocycles. The number of hydrogen-bond acceptors (Lipinski definition) is 8. The summed E-state index contributed by atoms with van der Waals surface area (Å²) in [7, 11) is 3.97. The molecule has 0 saturated heterocycles. The number of pyridine rings is 1. The van der Waals surface area contributed by atoms with Gasteiger partial charge in [0.05, 0.1) is 23.8 Å². The number of imidazole rings is 1. The van der Waals surface area contributed by atoms with Crippen LogP contribution < -0.4 is 16.0 Å². The van der Waals surface area contributed by atoms with Crippen LogP contribution in [0.25, 0.3) is 5.65 Å². The van der Waals surface area contributed by atoms with Crippen LogP contribution in [0, 0.1) is 5.82 Å². The van der Waals surface area contributed by atoms with Crippen molar-refractivity contribution in [3.05, 3.63) is 42.2 Å². The van der Waals surface area contributed by atoms with Gasteiger partial charge in [0, 0.05) is 36.9 Å². The molecule has 2 fully saturated rings. The van der Waals surface area contributed by atoms with Crippen molar-refractivity contribution < 1.29 is 19.1 Å². The summed E-state index contributed by atoms with van der Waals surface area (Å²) in [5, 5.41) is 24.0. The maximum atomic E-state index is 14.1. The second kappa shape index (κ2) is 12.0. The first-order chi connectivity index (χ1) is 19.3. The zero-order valence-electron chi connectivity index (χ0n) is 22.8. The average Bonchev–Trinajstić information content (AvgIpc) is 3.63. The zero-order valence-corrected chi connectivity index (χ0v) is 22.8. The Hall–Kier alpha value is -4.00. The first-order valence-electron chi connectivity index (χ1n) is 13.8. The molecule has 2 aliphatic rings. The van der Waals surface area contributed by atoms with E-state index in [0.717, 1.165) is 63.4 Å². The van der Waals surface area contributed by atoms with E-state index in [4.69, 9.17) is 0 Å². The molecule has 13 heteroatoms. The van der Waals surface area contributed by atoms with Crippen LogP contribution in [0.5, 0.6) is 0 Å². The molecule has 5 rings (SSSR count). The Morgan fingerprint density at radius 3 is 2.45 bits per heavy atom. The minimum Gasteiger partial charge on any atom is -0.465 e. The summed E-state index contributed by atoms with van der Waals surface area (Å²) < 4.78 is 15.6. The normalized spacial score (nSPS) is 19.0. The maximum absolute atomic E-state index is 14.1. The Kier molecular flexibility index (Phi) is 8.29. The van der Waals surface area contributed by atoms with Crippen molar-refractivity contribution >= 4 is 34.8 Å². The Morgan fingerprint density at radius 1 is 1.05 bits per heavy atom. The Bertz CT molecular complexity index is 1350. The smallest absolute Gasteiger partial charge is 0.407 e. The van der Waals surface area contributed by atoms with Gasteiger partial charge in [0.15, 0.2) is 17.2 Å². The number of carboxylic acid groups (broad SMARTS) is 1. The van der Waals surface area contributed by atoms with E-state index >= 15 is 0 Å². The second-order valence-electron chi connectivity index (χ2n) is 10.8. The third kappa shape index (κ3) is 6.58. The largest absolute Gasteiger partial charge is 0.465 e. The van der Waals surface area contributed by atoms with Crippen molar-refractivity contribution in [2.75, 3.05) is 43.1 Å². The highest BCUT2D eigenvalue weighted by molar-refractivity contribution is 6.03. The van der Waals surface area contributed by atoms with E-state index < -0.39 is 17.8 Å². The predicted octanol–water partition coefficient (Wildman–Crippen LogP) is 3.74. The first kappa shape index (κ1) is 27.6. The van der Waals surface area contributed by atoms with E-state index in [1.54, 1.807) is 4.90 Å². The maximum Gasteiger partial charge on any atom is 0.407 e. The number of fused-ring (bicyclic) bond motifs is 1. The number of carbonyl (C=O) groups is 2. The van der Waals surface area contributed by atoms with Crippen LogP contribution in [0.4, 0.5) is 26.4 Å². The highest BCUT2D eigenvalue weighted by Gasteiger charge is 2.29. The van der Waals surface area contributed by atoms with Gasteiger partial charge in [0.25, 0.3) is 5.91 Å². The number of hydrogen-bond donors (Lipinski definition) is 4. The highest BCUT2D eigenvalue weighted by atomic mass is 19.1. The van der Waals surface area contributed by atoms with Gasteiger partial charge in [-0.3, -0.25) is 9.78 Å². The number of amides is 2. The van der Waals surface area contributed by atoms with Crippen molar-refractivity contribution in [1.82, 2.24) is 29.4 Å². The molecule has 214 valence electrons. The van der Waals surface area contributed by atoms with Gasteiger partial charge in [-0.2, -0.15) is 0 Å².